The molecule has 0 aliphatic carbocycles. The molecular weight excluding hydrogens is 158 g/mol. The van der Waals surface area contributed by atoms with Gasteiger partial charge in [-0.3, -0.25) is 4.79 Å². The van der Waals surface area contributed by atoms with Crippen LogP contribution in [0, 0.1) is 0 Å². The first-order chi connectivity index (χ1) is 5.77. The van der Waals surface area contributed by atoms with Crippen LogP contribution in [0.4, 0.5) is 0 Å². The van der Waals surface area contributed by atoms with E-state index in [9.17, 15) is 9.59 Å². The van der Waals surface area contributed by atoms with Crippen molar-refractivity contribution in [3.05, 3.63) is 35.4 Å². The third-order valence-electron chi connectivity index (χ3n) is 1.39. The molecule has 0 aromatic heterocycles. The zero-order valence-corrected chi connectivity index (χ0v) is 6.19. The highest BCUT2D eigenvalue weighted by atomic mass is 16.7. The number of aldehydes is 1. The van der Waals surface area contributed by atoms with Gasteiger partial charge in [0, 0.05) is 5.56 Å². The van der Waals surface area contributed by atoms with Gasteiger partial charge in [-0.15, -0.1) is 0 Å². The first-order valence-corrected chi connectivity index (χ1v) is 3.24. The zero-order chi connectivity index (χ0) is 8.97. The smallest absolute Gasteiger partial charge is 0.356 e. The topological polar surface area (TPSA) is 69.4 Å². The SMILES string of the molecule is NOC(=O)c1ccc(C=O)cc1. The molecule has 0 radical (unpaired) electrons. The normalized spacial score (nSPS) is 9.08. The van der Waals surface area contributed by atoms with Crippen molar-refractivity contribution < 1.29 is 14.4 Å². The summed E-state index contributed by atoms with van der Waals surface area (Å²) >= 11 is 0. The molecule has 0 aliphatic rings. The van der Waals surface area contributed by atoms with Crippen molar-refractivity contribution >= 4 is 12.3 Å². The van der Waals surface area contributed by atoms with E-state index in [1.165, 1.54) is 24.3 Å². The number of nitrogens with two attached hydrogens (primary N) is 1. The Hall–Kier alpha value is -1.68. The van der Waals surface area contributed by atoms with Gasteiger partial charge in [-0.1, -0.05) is 12.1 Å². The maximum absolute atomic E-state index is 10.8. The molecule has 2 N–H and O–H groups in total. The molecule has 4 heteroatoms. The van der Waals surface area contributed by atoms with E-state index in [2.05, 4.69) is 10.7 Å². The van der Waals surface area contributed by atoms with Gasteiger partial charge in [0.1, 0.15) is 6.29 Å². The number of hydrogen-bond acceptors (Lipinski definition) is 4. The third-order valence-corrected chi connectivity index (χ3v) is 1.39. The average molecular weight is 165 g/mol. The predicted molar refractivity (Wildman–Crippen MR) is 41.4 cm³/mol. The lowest BCUT2D eigenvalue weighted by atomic mass is 10.1. The standard InChI is InChI=1S/C8H7NO3/c9-12-8(11)7-3-1-6(5-10)2-4-7/h1-5H,9H2. The number of benzene rings is 1. The minimum atomic E-state index is -0.618. The second kappa shape index (κ2) is 3.64. The zero-order valence-electron chi connectivity index (χ0n) is 6.19. The summed E-state index contributed by atoms with van der Waals surface area (Å²) in [4.78, 5) is 25.0. The summed E-state index contributed by atoms with van der Waals surface area (Å²) in [5.74, 6) is 4.04. The Bertz CT molecular complexity index is 292. The monoisotopic (exact) mass is 165 g/mol. The minimum absolute atomic E-state index is 0.322. The second-order valence-electron chi connectivity index (χ2n) is 2.15. The molecule has 0 unspecified atom stereocenters. The molecule has 0 heterocycles. The lowest BCUT2D eigenvalue weighted by molar-refractivity contribution is 0.0503. The summed E-state index contributed by atoms with van der Waals surface area (Å²) < 4.78 is 0. The molecule has 0 spiro atoms. The molecule has 0 fully saturated rings. The maximum Gasteiger partial charge on any atom is 0.356 e. The van der Waals surface area contributed by atoms with Crippen molar-refractivity contribution in [3.63, 3.8) is 0 Å². The number of carbonyl (C=O) groups excluding carboxylic acids is 2. The minimum Gasteiger partial charge on any atom is -0.370 e. The molecule has 62 valence electrons. The van der Waals surface area contributed by atoms with Crippen molar-refractivity contribution in [2.24, 2.45) is 5.90 Å². The first-order valence-electron chi connectivity index (χ1n) is 3.24. The van der Waals surface area contributed by atoms with Gasteiger partial charge in [0.15, 0.2) is 0 Å². The highest BCUT2D eigenvalue weighted by Crippen LogP contribution is 2.02. The third kappa shape index (κ3) is 1.67. The van der Waals surface area contributed by atoms with E-state index in [1.807, 2.05) is 0 Å². The van der Waals surface area contributed by atoms with Gasteiger partial charge in [-0.25, -0.2) is 4.79 Å². The van der Waals surface area contributed by atoms with Gasteiger partial charge in [0.2, 0.25) is 0 Å². The van der Waals surface area contributed by atoms with Crippen molar-refractivity contribution in [1.82, 2.24) is 0 Å². The highest BCUT2D eigenvalue weighted by Gasteiger charge is 2.03. The van der Waals surface area contributed by atoms with Gasteiger partial charge in [-0.2, -0.15) is 5.90 Å². The molecule has 0 atom stereocenters. The summed E-state index contributed by atoms with van der Waals surface area (Å²) in [6, 6.07) is 5.97. The van der Waals surface area contributed by atoms with Crippen LogP contribution in [0.15, 0.2) is 24.3 Å². The van der Waals surface area contributed by atoms with Crippen LogP contribution in [-0.2, 0) is 4.84 Å². The van der Waals surface area contributed by atoms with Gasteiger partial charge < -0.3 is 4.84 Å². The molecule has 0 amide bonds. The molecule has 1 aromatic rings. The van der Waals surface area contributed by atoms with E-state index in [-0.39, 0.29) is 0 Å². The Kier molecular flexibility index (Phi) is 2.55. The van der Waals surface area contributed by atoms with Gasteiger partial charge in [-0.05, 0) is 12.1 Å². The second-order valence-corrected chi connectivity index (χ2v) is 2.15. The van der Waals surface area contributed by atoms with Crippen LogP contribution in [0.5, 0.6) is 0 Å². The number of carbonyl (C=O) groups is 2. The quantitative estimate of drug-likeness (QED) is 0.512. The Labute approximate surface area is 68.9 Å². The largest absolute Gasteiger partial charge is 0.370 e. The van der Waals surface area contributed by atoms with Crippen molar-refractivity contribution in [1.29, 1.82) is 0 Å². The van der Waals surface area contributed by atoms with Crippen molar-refractivity contribution in [2.75, 3.05) is 0 Å². The molecule has 0 bridgehead atoms. The Morgan fingerprint density at radius 3 is 2.33 bits per heavy atom. The lowest BCUT2D eigenvalue weighted by Crippen LogP contribution is -2.09. The summed E-state index contributed by atoms with van der Waals surface area (Å²) in [5.41, 5.74) is 0.826. The number of rotatable bonds is 2. The van der Waals surface area contributed by atoms with E-state index in [1.54, 1.807) is 0 Å². The predicted octanol–water partition coefficient (Wildman–Crippen LogP) is 0.530. The van der Waals surface area contributed by atoms with Gasteiger partial charge in [0.25, 0.3) is 0 Å². The Morgan fingerprint density at radius 2 is 1.92 bits per heavy atom. The molecule has 1 aromatic carbocycles. The summed E-state index contributed by atoms with van der Waals surface area (Å²) in [6.07, 6.45) is 0.692. The highest BCUT2D eigenvalue weighted by molar-refractivity contribution is 5.90. The van der Waals surface area contributed by atoms with Crippen LogP contribution >= 0.6 is 0 Å². The number of hydrogen-bond donors (Lipinski definition) is 1. The van der Waals surface area contributed by atoms with Crippen LogP contribution in [0.3, 0.4) is 0 Å². The molecule has 0 saturated carbocycles. The van der Waals surface area contributed by atoms with E-state index >= 15 is 0 Å². The van der Waals surface area contributed by atoms with Crippen LogP contribution in [0.1, 0.15) is 20.7 Å². The van der Waals surface area contributed by atoms with Crippen LogP contribution in [-0.4, -0.2) is 12.3 Å². The van der Waals surface area contributed by atoms with E-state index in [0.717, 1.165) is 0 Å². The maximum atomic E-state index is 10.8. The fourth-order valence-corrected chi connectivity index (χ4v) is 0.766. The fraction of sp³-hybridized carbons (Fsp3) is 0. The molecule has 0 aliphatic heterocycles. The van der Waals surface area contributed by atoms with Crippen molar-refractivity contribution in [3.8, 4) is 0 Å². The first kappa shape index (κ1) is 8.42. The lowest BCUT2D eigenvalue weighted by Gasteiger charge is -1.96. The summed E-state index contributed by atoms with van der Waals surface area (Å²) in [6.45, 7) is 0. The van der Waals surface area contributed by atoms with Gasteiger partial charge in [0.05, 0.1) is 5.56 Å². The molecule has 12 heavy (non-hydrogen) atoms. The van der Waals surface area contributed by atoms with E-state index in [4.69, 9.17) is 0 Å². The van der Waals surface area contributed by atoms with Crippen LogP contribution in [0.2, 0.25) is 0 Å². The fourth-order valence-electron chi connectivity index (χ4n) is 0.766. The Balaban J connectivity index is 2.91. The molecular formula is C8H7NO3. The van der Waals surface area contributed by atoms with E-state index in [0.29, 0.717) is 17.4 Å². The van der Waals surface area contributed by atoms with Crippen LogP contribution < -0.4 is 5.90 Å². The Morgan fingerprint density at radius 1 is 1.33 bits per heavy atom. The van der Waals surface area contributed by atoms with Crippen molar-refractivity contribution in [2.45, 2.75) is 0 Å². The summed E-state index contributed by atoms with van der Waals surface area (Å²) in [7, 11) is 0. The van der Waals surface area contributed by atoms with Crippen LogP contribution in [0.25, 0.3) is 0 Å². The summed E-state index contributed by atoms with van der Waals surface area (Å²) in [5, 5.41) is 0. The van der Waals surface area contributed by atoms with Gasteiger partial charge >= 0.3 is 5.97 Å². The molecule has 4 nitrogen and oxygen atoms in total. The molecule has 1 rings (SSSR count). The average Bonchev–Trinajstić information content (AvgIpc) is 2.17. The molecule has 0 saturated heterocycles. The van der Waals surface area contributed by atoms with E-state index < -0.39 is 5.97 Å².